The number of nitrogens with zero attached hydrogens (tertiary/aromatic N) is 1. The summed E-state index contributed by atoms with van der Waals surface area (Å²) in [5.74, 6) is 0.212. The zero-order valence-electron chi connectivity index (χ0n) is 18.4. The first-order valence-electron chi connectivity index (χ1n) is 11.1. The molecular weight excluding hydrogens is 413 g/mol. The number of aryl methyl sites for hydroxylation is 1. The van der Waals surface area contributed by atoms with Crippen LogP contribution < -0.4 is 14.8 Å². The van der Waals surface area contributed by atoms with Crippen molar-refractivity contribution in [2.75, 3.05) is 5.32 Å². The average Bonchev–Trinajstić information content (AvgIpc) is 3.38. The van der Waals surface area contributed by atoms with E-state index in [0.717, 1.165) is 29.5 Å². The van der Waals surface area contributed by atoms with Crippen LogP contribution >= 0.6 is 0 Å². The number of fused-ring (bicyclic) bond motifs is 2. The van der Waals surface area contributed by atoms with Crippen LogP contribution in [0.1, 0.15) is 43.9 Å². The molecule has 5 rings (SSSR count). The highest BCUT2D eigenvalue weighted by atomic mass is 19.3. The second-order valence-electron chi connectivity index (χ2n) is 9.01. The molecule has 1 aliphatic carbocycles. The van der Waals surface area contributed by atoms with Crippen molar-refractivity contribution in [3.05, 3.63) is 53.7 Å². The Morgan fingerprint density at radius 3 is 2.56 bits per heavy atom. The van der Waals surface area contributed by atoms with Gasteiger partial charge in [0.2, 0.25) is 5.91 Å². The van der Waals surface area contributed by atoms with E-state index in [-0.39, 0.29) is 17.4 Å². The second-order valence-corrected chi connectivity index (χ2v) is 9.01. The minimum atomic E-state index is -3.67. The van der Waals surface area contributed by atoms with Crippen molar-refractivity contribution in [1.82, 2.24) is 4.57 Å². The summed E-state index contributed by atoms with van der Waals surface area (Å²) in [6, 6.07) is 12.8. The highest BCUT2D eigenvalue weighted by Crippen LogP contribution is 2.52. The summed E-state index contributed by atoms with van der Waals surface area (Å²) in [7, 11) is 2.16. The summed E-state index contributed by atoms with van der Waals surface area (Å²) in [6.07, 6.45) is -1.31. The summed E-state index contributed by atoms with van der Waals surface area (Å²) in [5, 5.41) is 4.13. The summed E-state index contributed by atoms with van der Waals surface area (Å²) in [4.78, 5) is 13.2. The number of benzene rings is 2. The lowest BCUT2D eigenvalue weighted by molar-refractivity contribution is -0.286. The Bertz CT molecular complexity index is 1220. The van der Waals surface area contributed by atoms with E-state index in [1.807, 2.05) is 12.1 Å². The lowest BCUT2D eigenvalue weighted by Gasteiger charge is -2.16. The van der Waals surface area contributed by atoms with Crippen molar-refractivity contribution in [2.45, 2.75) is 57.2 Å². The van der Waals surface area contributed by atoms with Gasteiger partial charge in [-0.15, -0.1) is 8.78 Å². The fraction of sp³-hybridized carbons (Fsp3) is 0.375. The molecule has 1 fully saturated rings. The molecule has 0 bridgehead atoms. The quantitative estimate of drug-likeness (QED) is 0.563. The maximum atomic E-state index is 13.4. The van der Waals surface area contributed by atoms with Gasteiger partial charge in [-0.05, 0) is 60.7 Å². The number of alkyl halides is 2. The SMILES string of the molecule is BCCn1c(C(C)C)cc2cc(NC(=O)C3(c4ccc5c(c4)OC(F)(F)O5)CC3)ccc21. The maximum absolute atomic E-state index is 13.4. The van der Waals surface area contributed by atoms with Crippen LogP contribution in [0.4, 0.5) is 14.5 Å². The van der Waals surface area contributed by atoms with E-state index < -0.39 is 11.7 Å². The number of hydrogen-bond donors (Lipinski definition) is 1. The summed E-state index contributed by atoms with van der Waals surface area (Å²) in [6.45, 7) is 5.32. The number of hydrogen-bond acceptors (Lipinski definition) is 3. The van der Waals surface area contributed by atoms with E-state index in [4.69, 9.17) is 0 Å². The van der Waals surface area contributed by atoms with Crippen LogP contribution in [0.2, 0.25) is 6.32 Å². The van der Waals surface area contributed by atoms with Gasteiger partial charge in [0.05, 0.1) is 5.41 Å². The Kier molecular flexibility index (Phi) is 4.73. The summed E-state index contributed by atoms with van der Waals surface area (Å²) < 4.78 is 38.1. The van der Waals surface area contributed by atoms with E-state index in [0.29, 0.717) is 24.3 Å². The first kappa shape index (κ1) is 20.9. The van der Waals surface area contributed by atoms with E-state index in [2.05, 4.69) is 53.2 Å². The second kappa shape index (κ2) is 7.25. The first-order chi connectivity index (χ1) is 15.2. The molecule has 1 aliphatic heterocycles. The van der Waals surface area contributed by atoms with Gasteiger partial charge in [0, 0.05) is 28.8 Å². The molecule has 0 atom stereocenters. The fourth-order valence-electron chi connectivity index (χ4n) is 4.59. The third-order valence-corrected chi connectivity index (χ3v) is 6.37. The van der Waals surface area contributed by atoms with E-state index in [1.54, 1.807) is 6.07 Å². The van der Waals surface area contributed by atoms with Gasteiger partial charge in [-0.2, -0.15) is 0 Å². The molecule has 5 nitrogen and oxygen atoms in total. The van der Waals surface area contributed by atoms with E-state index in [9.17, 15) is 13.6 Å². The van der Waals surface area contributed by atoms with Crippen LogP contribution in [0.15, 0.2) is 42.5 Å². The number of nitrogens with one attached hydrogen (secondary N) is 1. The summed E-state index contributed by atoms with van der Waals surface area (Å²) in [5.41, 5.74) is 3.09. The highest BCUT2D eigenvalue weighted by molar-refractivity contribution is 6.08. The van der Waals surface area contributed by atoms with Crippen molar-refractivity contribution in [2.24, 2.45) is 0 Å². The molecule has 0 saturated heterocycles. The number of aromatic nitrogens is 1. The first-order valence-corrected chi connectivity index (χ1v) is 11.1. The van der Waals surface area contributed by atoms with Crippen molar-refractivity contribution < 1.29 is 23.0 Å². The Hall–Kier alpha value is -3.03. The molecule has 0 radical (unpaired) electrons. The number of anilines is 1. The molecule has 1 N–H and O–H groups in total. The van der Waals surface area contributed by atoms with Crippen molar-refractivity contribution in [3.63, 3.8) is 0 Å². The molecule has 2 aromatic carbocycles. The number of rotatable bonds is 6. The smallest absolute Gasteiger partial charge is 0.395 e. The van der Waals surface area contributed by atoms with Crippen LogP contribution in [0.3, 0.4) is 0 Å². The van der Waals surface area contributed by atoms with Gasteiger partial charge >= 0.3 is 6.29 Å². The van der Waals surface area contributed by atoms with Crippen molar-refractivity contribution in [3.8, 4) is 11.5 Å². The number of halogens is 2. The third kappa shape index (κ3) is 3.42. The average molecular weight is 438 g/mol. The van der Waals surface area contributed by atoms with Gasteiger partial charge in [0.1, 0.15) is 7.85 Å². The molecule has 1 aromatic heterocycles. The molecule has 0 spiro atoms. The van der Waals surface area contributed by atoms with Crippen molar-refractivity contribution >= 4 is 30.3 Å². The molecule has 2 aliphatic rings. The van der Waals surface area contributed by atoms with Crippen LogP contribution in [-0.2, 0) is 16.8 Å². The predicted molar refractivity (Wildman–Crippen MR) is 122 cm³/mol. The third-order valence-electron chi connectivity index (χ3n) is 6.37. The number of amides is 1. The number of carbonyl (C=O) groups excluding carboxylic acids is 1. The Balaban J connectivity index is 1.40. The molecule has 32 heavy (non-hydrogen) atoms. The molecule has 0 unspecified atom stereocenters. The Labute approximate surface area is 186 Å². The minimum Gasteiger partial charge on any atom is -0.395 e. The molecule has 1 saturated carbocycles. The van der Waals surface area contributed by atoms with Crippen molar-refractivity contribution in [1.29, 1.82) is 0 Å². The van der Waals surface area contributed by atoms with Gasteiger partial charge in [-0.1, -0.05) is 26.2 Å². The topological polar surface area (TPSA) is 52.5 Å². The number of carbonyl (C=O) groups is 1. The van der Waals surface area contributed by atoms with Crippen LogP contribution in [0.5, 0.6) is 11.5 Å². The normalized spacial score (nSPS) is 17.7. The zero-order chi connectivity index (χ0) is 22.7. The van der Waals surface area contributed by atoms with E-state index >= 15 is 0 Å². The van der Waals surface area contributed by atoms with Gasteiger partial charge in [0.15, 0.2) is 11.5 Å². The van der Waals surface area contributed by atoms with Gasteiger partial charge in [0.25, 0.3) is 0 Å². The maximum Gasteiger partial charge on any atom is 0.586 e. The standard InChI is InChI=1S/C24H25BF2N2O3/c1-14(2)19-12-15-11-17(4-5-18(15)29(19)10-9-25)28-22(30)23(7-8-23)16-3-6-20-21(13-16)32-24(26,27)31-20/h3-6,11-14H,7-10,25H2,1-2H3,(H,28,30). The molecule has 1 amide bonds. The predicted octanol–water partition coefficient (Wildman–Crippen LogP) is 4.81. The molecule has 166 valence electrons. The van der Waals surface area contributed by atoms with Crippen LogP contribution in [0, 0.1) is 0 Å². The monoisotopic (exact) mass is 438 g/mol. The molecule has 3 aromatic rings. The minimum absolute atomic E-state index is 0.0158. The number of ether oxygens (including phenoxy) is 2. The lowest BCUT2D eigenvalue weighted by Crippen LogP contribution is -2.27. The molecule has 2 heterocycles. The van der Waals surface area contributed by atoms with Gasteiger partial charge < -0.3 is 19.4 Å². The largest absolute Gasteiger partial charge is 0.586 e. The lowest BCUT2D eigenvalue weighted by atomic mass is 9.94. The summed E-state index contributed by atoms with van der Waals surface area (Å²) >= 11 is 0. The Morgan fingerprint density at radius 1 is 1.12 bits per heavy atom. The Morgan fingerprint density at radius 2 is 1.88 bits per heavy atom. The molecular formula is C24H25BF2N2O3. The van der Waals surface area contributed by atoms with Crippen LogP contribution in [0.25, 0.3) is 10.9 Å². The fourth-order valence-corrected chi connectivity index (χ4v) is 4.59. The highest BCUT2D eigenvalue weighted by Gasteiger charge is 2.52. The van der Waals surface area contributed by atoms with E-state index in [1.165, 1.54) is 17.8 Å². The van der Waals surface area contributed by atoms with Crippen LogP contribution in [-0.4, -0.2) is 24.6 Å². The van der Waals surface area contributed by atoms with Gasteiger partial charge in [-0.25, -0.2) is 0 Å². The van der Waals surface area contributed by atoms with Gasteiger partial charge in [-0.3, -0.25) is 4.79 Å². The zero-order valence-corrected chi connectivity index (χ0v) is 18.4. The molecule has 8 heteroatoms.